The molecule has 0 aromatic carbocycles. The maximum absolute atomic E-state index is 13.3. The molecule has 2 aliphatic heterocycles. The van der Waals surface area contributed by atoms with Crippen LogP contribution in [0, 0.1) is 11.3 Å². The second-order valence-corrected chi connectivity index (χ2v) is 7.80. The zero-order valence-electron chi connectivity index (χ0n) is 15.0. The van der Waals surface area contributed by atoms with E-state index in [1.165, 1.54) is 19.3 Å². The fourth-order valence-corrected chi connectivity index (χ4v) is 4.57. The minimum absolute atomic E-state index is 0. The molecule has 25 heavy (non-hydrogen) atoms. The van der Waals surface area contributed by atoms with Gasteiger partial charge in [0.2, 0.25) is 5.91 Å². The Bertz CT molecular complexity index is 592. The molecule has 1 aliphatic carbocycles. The zero-order valence-corrected chi connectivity index (χ0v) is 15.9. The average molecular weight is 368 g/mol. The summed E-state index contributed by atoms with van der Waals surface area (Å²) in [4.78, 5) is 19.9. The van der Waals surface area contributed by atoms with Crippen LogP contribution in [0.5, 0.6) is 0 Å². The van der Waals surface area contributed by atoms with Crippen LogP contribution in [0.1, 0.15) is 37.9 Å². The normalized spacial score (nSPS) is 27.6. The van der Waals surface area contributed by atoms with E-state index in [1.807, 2.05) is 24.0 Å². The number of hydrogen-bond donors (Lipinski definition) is 2. The van der Waals surface area contributed by atoms with E-state index < -0.39 is 0 Å². The molecule has 2 unspecified atom stereocenters. The summed E-state index contributed by atoms with van der Waals surface area (Å²) in [6.07, 6.45) is 9.48. The van der Waals surface area contributed by atoms with Crippen LogP contribution in [0.25, 0.3) is 0 Å². The Morgan fingerprint density at radius 2 is 2.16 bits per heavy atom. The van der Waals surface area contributed by atoms with Gasteiger partial charge in [-0.15, -0.1) is 12.4 Å². The van der Waals surface area contributed by atoms with Crippen molar-refractivity contribution in [2.75, 3.05) is 26.2 Å². The molecule has 7 heteroatoms. The van der Waals surface area contributed by atoms with Crippen LogP contribution in [0.15, 0.2) is 12.4 Å². The Morgan fingerprint density at radius 3 is 2.80 bits per heavy atom. The number of nitrogens with zero attached hydrogens (tertiary/aromatic N) is 3. The Kier molecular flexibility index (Phi) is 5.71. The third-order valence-electron chi connectivity index (χ3n) is 6.28. The third-order valence-corrected chi connectivity index (χ3v) is 6.28. The molecule has 2 atom stereocenters. The van der Waals surface area contributed by atoms with Crippen LogP contribution in [-0.4, -0.2) is 52.6 Å². The van der Waals surface area contributed by atoms with Gasteiger partial charge in [-0.3, -0.25) is 4.79 Å². The second kappa shape index (κ2) is 7.64. The van der Waals surface area contributed by atoms with E-state index in [4.69, 9.17) is 0 Å². The van der Waals surface area contributed by atoms with Crippen molar-refractivity contribution in [2.24, 2.45) is 18.4 Å². The van der Waals surface area contributed by atoms with Crippen molar-refractivity contribution < 1.29 is 4.79 Å². The van der Waals surface area contributed by atoms with Crippen molar-refractivity contribution in [2.45, 2.75) is 44.7 Å². The molecule has 3 fully saturated rings. The van der Waals surface area contributed by atoms with Gasteiger partial charge in [0.25, 0.3) is 0 Å². The summed E-state index contributed by atoms with van der Waals surface area (Å²) >= 11 is 0. The van der Waals surface area contributed by atoms with Gasteiger partial charge in [-0.25, -0.2) is 4.98 Å². The highest BCUT2D eigenvalue weighted by molar-refractivity contribution is 5.85. The fourth-order valence-electron chi connectivity index (χ4n) is 4.57. The van der Waals surface area contributed by atoms with Crippen LogP contribution in [0.4, 0.5) is 0 Å². The molecular weight excluding hydrogens is 338 g/mol. The first-order valence-corrected chi connectivity index (χ1v) is 9.38. The van der Waals surface area contributed by atoms with Crippen molar-refractivity contribution in [3.8, 4) is 0 Å². The quantitative estimate of drug-likeness (QED) is 0.842. The van der Waals surface area contributed by atoms with E-state index in [9.17, 15) is 4.79 Å². The number of aromatic nitrogens is 2. The summed E-state index contributed by atoms with van der Waals surface area (Å²) in [5, 5.41) is 6.85. The second-order valence-electron chi connectivity index (χ2n) is 7.80. The van der Waals surface area contributed by atoms with Gasteiger partial charge in [-0.05, 0) is 57.2 Å². The predicted molar refractivity (Wildman–Crippen MR) is 99.5 cm³/mol. The standard InChI is InChI=1S/C18H29N5O.ClH/c1-22-10-9-21-16(22)13-23(17(24)14-3-2-6-20-12-14)15-11-18(15)4-7-19-8-5-18;/h9-10,14-15,19-20H,2-8,11-13H2,1H3;1H. The molecule has 3 heterocycles. The highest BCUT2D eigenvalue weighted by Gasteiger charge is 2.58. The number of nitrogens with one attached hydrogen (secondary N) is 2. The number of carbonyl (C=O) groups is 1. The molecule has 4 rings (SSSR count). The van der Waals surface area contributed by atoms with Gasteiger partial charge in [0.1, 0.15) is 5.82 Å². The third kappa shape index (κ3) is 3.71. The smallest absolute Gasteiger partial charge is 0.227 e. The first-order valence-electron chi connectivity index (χ1n) is 9.38. The predicted octanol–water partition coefficient (Wildman–Crippen LogP) is 1.31. The lowest BCUT2D eigenvalue weighted by Gasteiger charge is -2.33. The van der Waals surface area contributed by atoms with Crippen molar-refractivity contribution in [1.82, 2.24) is 25.1 Å². The van der Waals surface area contributed by atoms with Gasteiger partial charge >= 0.3 is 0 Å². The monoisotopic (exact) mass is 367 g/mol. The highest BCUT2D eigenvalue weighted by Crippen LogP contribution is 2.56. The van der Waals surface area contributed by atoms with Crippen molar-refractivity contribution in [3.63, 3.8) is 0 Å². The van der Waals surface area contributed by atoms with Gasteiger partial charge in [-0.1, -0.05) is 0 Å². The lowest BCUT2D eigenvalue weighted by Crippen LogP contribution is -2.46. The topological polar surface area (TPSA) is 62.2 Å². The molecule has 0 bridgehead atoms. The van der Waals surface area contributed by atoms with Crippen LogP contribution in [0.2, 0.25) is 0 Å². The van der Waals surface area contributed by atoms with Crippen LogP contribution < -0.4 is 10.6 Å². The van der Waals surface area contributed by atoms with Crippen molar-refractivity contribution in [3.05, 3.63) is 18.2 Å². The molecule has 1 spiro atoms. The number of amides is 1. The molecule has 1 aromatic rings. The lowest BCUT2D eigenvalue weighted by molar-refractivity contribution is -0.138. The summed E-state index contributed by atoms with van der Waals surface area (Å²) < 4.78 is 2.04. The largest absolute Gasteiger partial charge is 0.337 e. The van der Waals surface area contributed by atoms with E-state index in [1.54, 1.807) is 0 Å². The molecule has 1 saturated carbocycles. The Hall–Kier alpha value is -1.11. The number of piperidine rings is 2. The molecular formula is C18H30ClN5O. The summed E-state index contributed by atoms with van der Waals surface area (Å²) in [6, 6.07) is 0.408. The van der Waals surface area contributed by atoms with Crippen LogP contribution in [-0.2, 0) is 18.4 Å². The molecule has 1 amide bonds. The highest BCUT2D eigenvalue weighted by atomic mass is 35.5. The summed E-state index contributed by atoms with van der Waals surface area (Å²) in [7, 11) is 2.01. The first kappa shape index (κ1) is 18.7. The molecule has 2 saturated heterocycles. The number of aryl methyl sites for hydroxylation is 1. The minimum atomic E-state index is 0. The minimum Gasteiger partial charge on any atom is -0.337 e. The molecule has 2 N–H and O–H groups in total. The lowest BCUT2D eigenvalue weighted by atomic mass is 9.92. The van der Waals surface area contributed by atoms with Crippen LogP contribution >= 0.6 is 12.4 Å². The van der Waals surface area contributed by atoms with Gasteiger partial charge in [0.15, 0.2) is 0 Å². The summed E-state index contributed by atoms with van der Waals surface area (Å²) in [5.74, 6) is 1.46. The van der Waals surface area contributed by atoms with E-state index in [2.05, 4.69) is 20.5 Å². The number of rotatable bonds is 4. The number of halogens is 1. The summed E-state index contributed by atoms with van der Waals surface area (Å²) in [5.41, 5.74) is 0.369. The molecule has 3 aliphatic rings. The maximum Gasteiger partial charge on any atom is 0.227 e. The van der Waals surface area contributed by atoms with Crippen LogP contribution in [0.3, 0.4) is 0 Å². The molecule has 0 radical (unpaired) electrons. The molecule has 1 aromatic heterocycles. The fraction of sp³-hybridized carbons (Fsp3) is 0.778. The number of imidazole rings is 1. The van der Waals surface area contributed by atoms with Gasteiger partial charge in [0.05, 0.1) is 12.5 Å². The van der Waals surface area contributed by atoms with E-state index in [-0.39, 0.29) is 18.3 Å². The van der Waals surface area contributed by atoms with Crippen molar-refractivity contribution in [1.29, 1.82) is 0 Å². The van der Waals surface area contributed by atoms with Gasteiger partial charge in [0, 0.05) is 32.0 Å². The Morgan fingerprint density at radius 1 is 1.36 bits per heavy atom. The van der Waals surface area contributed by atoms with E-state index in [0.29, 0.717) is 23.9 Å². The molecule has 140 valence electrons. The Balaban J connectivity index is 0.00000182. The van der Waals surface area contributed by atoms with Crippen molar-refractivity contribution >= 4 is 18.3 Å². The zero-order chi connectivity index (χ0) is 16.6. The summed E-state index contributed by atoms with van der Waals surface area (Å²) in [6.45, 7) is 4.70. The molecule has 6 nitrogen and oxygen atoms in total. The first-order chi connectivity index (χ1) is 11.7. The number of carbonyl (C=O) groups excluding carboxylic acids is 1. The van der Waals surface area contributed by atoms with E-state index >= 15 is 0 Å². The Labute approximate surface area is 156 Å². The average Bonchev–Trinajstić information content (AvgIpc) is 3.13. The maximum atomic E-state index is 13.3. The van der Waals surface area contributed by atoms with Gasteiger partial charge in [-0.2, -0.15) is 0 Å². The SMILES string of the molecule is Cl.Cn1ccnc1CN(C(=O)C1CCCNC1)C1CC12CCNCC2. The van der Waals surface area contributed by atoms with E-state index in [0.717, 1.165) is 44.8 Å². The number of hydrogen-bond acceptors (Lipinski definition) is 4. The van der Waals surface area contributed by atoms with Gasteiger partial charge < -0.3 is 20.1 Å².